The van der Waals surface area contributed by atoms with Crippen molar-refractivity contribution >= 4 is 17.9 Å². The van der Waals surface area contributed by atoms with Crippen molar-refractivity contribution in [1.29, 1.82) is 0 Å². The summed E-state index contributed by atoms with van der Waals surface area (Å²) in [5, 5.41) is 10.3. The van der Waals surface area contributed by atoms with Gasteiger partial charge in [-0.25, -0.2) is 0 Å². The van der Waals surface area contributed by atoms with Crippen LogP contribution in [0.3, 0.4) is 0 Å². The molecule has 0 bridgehead atoms. The van der Waals surface area contributed by atoms with Gasteiger partial charge in [0.15, 0.2) is 6.29 Å². The molecule has 0 aliphatic rings. The van der Waals surface area contributed by atoms with Gasteiger partial charge in [0.25, 0.3) is 0 Å². The number of rotatable bonds is 2. The minimum Gasteiger partial charge on any atom is -0.507 e. The second-order valence-corrected chi connectivity index (χ2v) is 3.81. The lowest BCUT2D eigenvalue weighted by Gasteiger charge is -2.07. The zero-order valence-electron chi connectivity index (χ0n) is 8.35. The van der Waals surface area contributed by atoms with Crippen LogP contribution >= 0.6 is 11.6 Å². The zero-order valence-corrected chi connectivity index (χ0v) is 9.11. The van der Waals surface area contributed by atoms with E-state index in [0.717, 1.165) is 5.56 Å². The highest BCUT2D eigenvalue weighted by molar-refractivity contribution is 6.31. The third-order valence-electron chi connectivity index (χ3n) is 2.32. The Bertz CT molecular complexity index is 521. The van der Waals surface area contributed by atoms with E-state index in [0.29, 0.717) is 16.9 Å². The SMILES string of the molecule is O=Cc1cc(Cl)cc(-c2ccccc2)c1O. The number of aromatic hydroxyl groups is 1. The first-order valence-corrected chi connectivity index (χ1v) is 5.13. The topological polar surface area (TPSA) is 37.3 Å². The second kappa shape index (κ2) is 4.37. The van der Waals surface area contributed by atoms with E-state index < -0.39 is 0 Å². The predicted octanol–water partition coefficient (Wildman–Crippen LogP) is 3.53. The van der Waals surface area contributed by atoms with Gasteiger partial charge < -0.3 is 5.11 Å². The molecular weight excluding hydrogens is 224 g/mol. The second-order valence-electron chi connectivity index (χ2n) is 3.38. The number of aldehydes is 1. The van der Waals surface area contributed by atoms with Gasteiger partial charge in [-0.1, -0.05) is 41.9 Å². The van der Waals surface area contributed by atoms with E-state index in [2.05, 4.69) is 0 Å². The molecule has 2 rings (SSSR count). The van der Waals surface area contributed by atoms with E-state index in [9.17, 15) is 9.90 Å². The molecule has 0 fully saturated rings. The van der Waals surface area contributed by atoms with Crippen molar-refractivity contribution in [2.24, 2.45) is 0 Å². The van der Waals surface area contributed by atoms with Crippen LogP contribution in [0, 0.1) is 0 Å². The van der Waals surface area contributed by atoms with E-state index in [4.69, 9.17) is 11.6 Å². The molecule has 2 aromatic rings. The first-order chi connectivity index (χ1) is 7.72. The van der Waals surface area contributed by atoms with Crippen molar-refractivity contribution in [3.8, 4) is 16.9 Å². The van der Waals surface area contributed by atoms with Gasteiger partial charge in [-0.2, -0.15) is 0 Å². The van der Waals surface area contributed by atoms with Crippen LogP contribution in [0.5, 0.6) is 5.75 Å². The summed E-state index contributed by atoms with van der Waals surface area (Å²) < 4.78 is 0. The van der Waals surface area contributed by atoms with E-state index in [-0.39, 0.29) is 11.3 Å². The number of carbonyl (C=O) groups excluding carboxylic acids is 1. The van der Waals surface area contributed by atoms with Crippen molar-refractivity contribution in [1.82, 2.24) is 0 Å². The molecular formula is C13H9ClO2. The molecule has 0 unspecified atom stereocenters. The number of phenols is 1. The van der Waals surface area contributed by atoms with Crippen LogP contribution in [0.25, 0.3) is 11.1 Å². The molecule has 2 nitrogen and oxygen atoms in total. The van der Waals surface area contributed by atoms with E-state index in [1.54, 1.807) is 6.07 Å². The van der Waals surface area contributed by atoms with Crippen molar-refractivity contribution in [2.75, 3.05) is 0 Å². The van der Waals surface area contributed by atoms with Gasteiger partial charge in [0.1, 0.15) is 5.75 Å². The van der Waals surface area contributed by atoms with E-state index >= 15 is 0 Å². The summed E-state index contributed by atoms with van der Waals surface area (Å²) >= 11 is 5.88. The average Bonchev–Trinajstić information content (AvgIpc) is 2.33. The third-order valence-corrected chi connectivity index (χ3v) is 2.53. The summed E-state index contributed by atoms with van der Waals surface area (Å²) in [6, 6.07) is 12.4. The van der Waals surface area contributed by atoms with Gasteiger partial charge in [-0.3, -0.25) is 4.79 Å². The standard InChI is InChI=1S/C13H9ClO2/c14-11-6-10(8-15)13(16)12(7-11)9-4-2-1-3-5-9/h1-8,16H. The quantitative estimate of drug-likeness (QED) is 0.805. The van der Waals surface area contributed by atoms with Crippen LogP contribution in [-0.4, -0.2) is 11.4 Å². The molecule has 0 amide bonds. The monoisotopic (exact) mass is 232 g/mol. The van der Waals surface area contributed by atoms with Crippen molar-refractivity contribution in [3.63, 3.8) is 0 Å². The van der Waals surface area contributed by atoms with Gasteiger partial charge in [0.05, 0.1) is 5.56 Å². The third kappa shape index (κ3) is 1.92. The number of hydrogen-bond acceptors (Lipinski definition) is 2. The first-order valence-electron chi connectivity index (χ1n) is 4.75. The van der Waals surface area contributed by atoms with Crippen LogP contribution in [0.1, 0.15) is 10.4 Å². The Morgan fingerprint density at radius 2 is 1.81 bits per heavy atom. The Balaban J connectivity index is 2.66. The Labute approximate surface area is 98.1 Å². The summed E-state index contributed by atoms with van der Waals surface area (Å²) in [5.74, 6) is -0.0365. The lowest BCUT2D eigenvalue weighted by atomic mass is 10.0. The molecule has 2 aromatic carbocycles. The molecule has 0 atom stereocenters. The summed E-state index contributed by atoms with van der Waals surface area (Å²) in [7, 11) is 0. The maximum absolute atomic E-state index is 10.7. The smallest absolute Gasteiger partial charge is 0.153 e. The molecule has 0 radical (unpaired) electrons. The van der Waals surface area contributed by atoms with Gasteiger partial charge >= 0.3 is 0 Å². The molecule has 0 aromatic heterocycles. The van der Waals surface area contributed by atoms with Crippen LogP contribution in [0.4, 0.5) is 0 Å². The van der Waals surface area contributed by atoms with Crippen LogP contribution in [0.2, 0.25) is 5.02 Å². The Morgan fingerprint density at radius 1 is 1.12 bits per heavy atom. The summed E-state index contributed by atoms with van der Waals surface area (Å²) in [4.78, 5) is 10.7. The van der Waals surface area contributed by atoms with Gasteiger partial charge in [0.2, 0.25) is 0 Å². The molecule has 0 aliphatic heterocycles. The fourth-order valence-corrected chi connectivity index (χ4v) is 1.77. The van der Waals surface area contributed by atoms with Gasteiger partial charge in [-0.15, -0.1) is 0 Å². The number of halogens is 1. The van der Waals surface area contributed by atoms with E-state index in [1.807, 2.05) is 30.3 Å². The predicted molar refractivity (Wildman–Crippen MR) is 63.9 cm³/mol. The number of phenolic OH excluding ortho intramolecular Hbond substituents is 1. The van der Waals surface area contributed by atoms with Gasteiger partial charge in [-0.05, 0) is 17.7 Å². The molecule has 0 spiro atoms. The fraction of sp³-hybridized carbons (Fsp3) is 0. The summed E-state index contributed by atoms with van der Waals surface area (Å²) in [5.41, 5.74) is 1.59. The maximum atomic E-state index is 10.7. The van der Waals surface area contributed by atoms with Crippen LogP contribution in [-0.2, 0) is 0 Å². The molecule has 1 N–H and O–H groups in total. The molecule has 0 heterocycles. The number of hydrogen-bond donors (Lipinski definition) is 1. The minimum atomic E-state index is -0.0365. The molecule has 16 heavy (non-hydrogen) atoms. The maximum Gasteiger partial charge on any atom is 0.153 e. The molecule has 0 saturated carbocycles. The Morgan fingerprint density at radius 3 is 2.44 bits per heavy atom. The Kier molecular flexibility index (Phi) is 2.93. The average molecular weight is 233 g/mol. The van der Waals surface area contributed by atoms with Gasteiger partial charge in [0, 0.05) is 10.6 Å². The van der Waals surface area contributed by atoms with Crippen molar-refractivity contribution in [2.45, 2.75) is 0 Å². The van der Waals surface area contributed by atoms with E-state index in [1.165, 1.54) is 6.07 Å². The number of benzene rings is 2. The highest BCUT2D eigenvalue weighted by Crippen LogP contribution is 2.34. The highest BCUT2D eigenvalue weighted by atomic mass is 35.5. The lowest BCUT2D eigenvalue weighted by molar-refractivity contribution is 0.112. The highest BCUT2D eigenvalue weighted by Gasteiger charge is 2.10. The largest absolute Gasteiger partial charge is 0.507 e. The minimum absolute atomic E-state index is 0.0365. The van der Waals surface area contributed by atoms with Crippen LogP contribution < -0.4 is 0 Å². The van der Waals surface area contributed by atoms with Crippen molar-refractivity contribution in [3.05, 3.63) is 53.1 Å². The first kappa shape index (κ1) is 10.7. The van der Waals surface area contributed by atoms with Crippen molar-refractivity contribution < 1.29 is 9.90 Å². The van der Waals surface area contributed by atoms with Crippen LogP contribution in [0.15, 0.2) is 42.5 Å². The molecule has 3 heteroatoms. The lowest BCUT2D eigenvalue weighted by Crippen LogP contribution is -1.86. The molecule has 0 saturated heterocycles. The number of carbonyl (C=O) groups is 1. The Hall–Kier alpha value is -1.80. The molecule has 80 valence electrons. The zero-order chi connectivity index (χ0) is 11.5. The normalized spacial score (nSPS) is 10.1. The summed E-state index contributed by atoms with van der Waals surface area (Å²) in [6.45, 7) is 0. The summed E-state index contributed by atoms with van der Waals surface area (Å²) in [6.07, 6.45) is 0.591. The fourth-order valence-electron chi connectivity index (χ4n) is 1.55. The molecule has 0 aliphatic carbocycles.